The zero-order valence-corrected chi connectivity index (χ0v) is 11.8. The highest BCUT2D eigenvalue weighted by molar-refractivity contribution is 5.35. The fourth-order valence-corrected chi connectivity index (χ4v) is 2.43. The van der Waals surface area contributed by atoms with Gasteiger partial charge in [-0.3, -0.25) is 0 Å². The Hall–Kier alpha value is -1.87. The molecule has 106 valence electrons. The summed E-state index contributed by atoms with van der Waals surface area (Å²) < 4.78 is 13.8. The zero-order chi connectivity index (χ0) is 14.5. The van der Waals surface area contributed by atoms with Crippen LogP contribution in [0.25, 0.3) is 0 Å². The lowest BCUT2D eigenvalue weighted by atomic mass is 10.0. The summed E-state index contributed by atoms with van der Waals surface area (Å²) in [7, 11) is 0. The third kappa shape index (κ3) is 3.17. The van der Waals surface area contributed by atoms with Gasteiger partial charge in [0.1, 0.15) is 11.6 Å². The number of phenolic OH excluding ortho intramolecular Hbond substituents is 1. The van der Waals surface area contributed by atoms with E-state index in [1.165, 1.54) is 6.07 Å². The number of benzene rings is 2. The third-order valence-electron chi connectivity index (χ3n) is 3.54. The van der Waals surface area contributed by atoms with Crippen molar-refractivity contribution in [2.24, 2.45) is 0 Å². The van der Waals surface area contributed by atoms with Crippen LogP contribution in [0, 0.1) is 5.82 Å². The molecule has 0 saturated heterocycles. The Bertz CT molecular complexity index is 570. The Kier molecular flexibility index (Phi) is 4.74. The van der Waals surface area contributed by atoms with Gasteiger partial charge in [-0.15, -0.1) is 0 Å². The molecular formula is C17H20FNO. The molecule has 2 nitrogen and oxygen atoms in total. The minimum absolute atomic E-state index is 0.00851. The summed E-state index contributed by atoms with van der Waals surface area (Å²) in [5.41, 5.74) is 1.49. The SMILES string of the molecule is CCC(NC(C)c1ccccc1F)c1ccccc1O. The van der Waals surface area contributed by atoms with Gasteiger partial charge in [-0.1, -0.05) is 43.3 Å². The molecule has 20 heavy (non-hydrogen) atoms. The summed E-state index contributed by atoms with van der Waals surface area (Å²) in [5.74, 6) is 0.0622. The number of rotatable bonds is 5. The van der Waals surface area contributed by atoms with Gasteiger partial charge >= 0.3 is 0 Å². The minimum Gasteiger partial charge on any atom is -0.508 e. The number of para-hydroxylation sites is 1. The summed E-state index contributed by atoms with van der Waals surface area (Å²) in [4.78, 5) is 0. The van der Waals surface area contributed by atoms with Gasteiger partial charge in [-0.2, -0.15) is 0 Å². The van der Waals surface area contributed by atoms with Gasteiger partial charge in [0.2, 0.25) is 0 Å². The van der Waals surface area contributed by atoms with Crippen LogP contribution >= 0.6 is 0 Å². The van der Waals surface area contributed by atoms with Crippen molar-refractivity contribution >= 4 is 0 Å². The molecule has 0 aromatic heterocycles. The second-order valence-corrected chi connectivity index (χ2v) is 4.93. The van der Waals surface area contributed by atoms with Crippen molar-refractivity contribution in [2.75, 3.05) is 0 Å². The van der Waals surface area contributed by atoms with E-state index in [1.54, 1.807) is 24.3 Å². The summed E-state index contributed by atoms with van der Waals surface area (Å²) in [6.45, 7) is 3.97. The molecule has 0 spiro atoms. The predicted molar refractivity (Wildman–Crippen MR) is 79.1 cm³/mol. The lowest BCUT2D eigenvalue weighted by Crippen LogP contribution is -2.25. The topological polar surface area (TPSA) is 32.3 Å². The first kappa shape index (κ1) is 14.5. The molecule has 0 saturated carbocycles. The van der Waals surface area contributed by atoms with E-state index in [0.29, 0.717) is 5.56 Å². The molecule has 2 aromatic rings. The van der Waals surface area contributed by atoms with Crippen LogP contribution in [0.5, 0.6) is 5.75 Å². The number of hydrogen-bond donors (Lipinski definition) is 2. The van der Waals surface area contributed by atoms with Gasteiger partial charge in [0.05, 0.1) is 0 Å². The molecule has 2 N–H and O–H groups in total. The van der Waals surface area contributed by atoms with Gasteiger partial charge in [-0.05, 0) is 25.5 Å². The van der Waals surface area contributed by atoms with Crippen LogP contribution in [0.1, 0.15) is 43.5 Å². The van der Waals surface area contributed by atoms with Gasteiger partial charge in [0, 0.05) is 23.2 Å². The number of halogens is 1. The van der Waals surface area contributed by atoms with Crippen LogP contribution < -0.4 is 5.32 Å². The average molecular weight is 273 g/mol. The Morgan fingerprint density at radius 2 is 1.65 bits per heavy atom. The van der Waals surface area contributed by atoms with Gasteiger partial charge in [0.15, 0.2) is 0 Å². The van der Waals surface area contributed by atoms with E-state index in [-0.39, 0.29) is 23.7 Å². The van der Waals surface area contributed by atoms with Crippen LogP contribution in [-0.4, -0.2) is 5.11 Å². The van der Waals surface area contributed by atoms with E-state index >= 15 is 0 Å². The summed E-state index contributed by atoms with van der Waals surface area (Å²) in [5, 5.41) is 13.3. The standard InChI is InChI=1S/C17H20FNO/c1-3-16(14-9-5-7-11-17(14)20)19-12(2)13-8-4-6-10-15(13)18/h4-12,16,19-20H,3H2,1-2H3. The number of aromatic hydroxyl groups is 1. The Labute approximate surface area is 119 Å². The van der Waals surface area contributed by atoms with Gasteiger partial charge < -0.3 is 10.4 Å². The maximum Gasteiger partial charge on any atom is 0.127 e. The number of nitrogens with one attached hydrogen (secondary N) is 1. The maximum absolute atomic E-state index is 13.8. The molecule has 0 heterocycles. The Morgan fingerprint density at radius 1 is 1.05 bits per heavy atom. The molecule has 0 aliphatic carbocycles. The van der Waals surface area contributed by atoms with Crippen LogP contribution in [0.15, 0.2) is 48.5 Å². The largest absolute Gasteiger partial charge is 0.508 e. The van der Waals surface area contributed by atoms with E-state index in [9.17, 15) is 9.50 Å². The molecule has 2 aromatic carbocycles. The van der Waals surface area contributed by atoms with Crippen LogP contribution in [0.3, 0.4) is 0 Å². The molecule has 0 amide bonds. The minimum atomic E-state index is -0.209. The van der Waals surface area contributed by atoms with Crippen LogP contribution in [-0.2, 0) is 0 Å². The third-order valence-corrected chi connectivity index (χ3v) is 3.54. The average Bonchev–Trinajstić information content (AvgIpc) is 2.46. The highest BCUT2D eigenvalue weighted by Crippen LogP contribution is 2.28. The van der Waals surface area contributed by atoms with E-state index in [2.05, 4.69) is 5.32 Å². The number of phenols is 1. The molecule has 0 fully saturated rings. The molecule has 0 radical (unpaired) electrons. The molecule has 3 heteroatoms. The van der Waals surface area contributed by atoms with Crippen molar-refractivity contribution in [2.45, 2.75) is 32.4 Å². The molecule has 2 unspecified atom stereocenters. The molecule has 0 aliphatic rings. The van der Waals surface area contributed by atoms with Crippen molar-refractivity contribution in [3.63, 3.8) is 0 Å². The molecule has 2 rings (SSSR count). The van der Waals surface area contributed by atoms with Gasteiger partial charge in [0.25, 0.3) is 0 Å². The lowest BCUT2D eigenvalue weighted by Gasteiger charge is -2.24. The highest BCUT2D eigenvalue weighted by Gasteiger charge is 2.18. The quantitative estimate of drug-likeness (QED) is 0.849. The van der Waals surface area contributed by atoms with Crippen molar-refractivity contribution in [3.05, 3.63) is 65.5 Å². The van der Waals surface area contributed by atoms with E-state index in [1.807, 2.05) is 32.0 Å². The summed E-state index contributed by atoms with van der Waals surface area (Å²) in [6, 6.07) is 13.9. The van der Waals surface area contributed by atoms with E-state index < -0.39 is 0 Å². The van der Waals surface area contributed by atoms with E-state index in [0.717, 1.165) is 12.0 Å². The number of hydrogen-bond acceptors (Lipinski definition) is 2. The second kappa shape index (κ2) is 6.53. The lowest BCUT2D eigenvalue weighted by molar-refractivity contribution is 0.413. The monoisotopic (exact) mass is 273 g/mol. The normalized spacial score (nSPS) is 13.9. The first-order valence-corrected chi connectivity index (χ1v) is 6.91. The maximum atomic E-state index is 13.8. The first-order chi connectivity index (χ1) is 9.63. The molecule has 0 aliphatic heterocycles. The summed E-state index contributed by atoms with van der Waals surface area (Å²) in [6.07, 6.45) is 0.816. The Morgan fingerprint density at radius 3 is 2.25 bits per heavy atom. The van der Waals surface area contributed by atoms with Gasteiger partial charge in [-0.25, -0.2) is 4.39 Å². The van der Waals surface area contributed by atoms with Crippen LogP contribution in [0.2, 0.25) is 0 Å². The van der Waals surface area contributed by atoms with E-state index in [4.69, 9.17) is 0 Å². The second-order valence-electron chi connectivity index (χ2n) is 4.93. The molecule has 0 bridgehead atoms. The first-order valence-electron chi connectivity index (χ1n) is 6.91. The molecular weight excluding hydrogens is 253 g/mol. The van der Waals surface area contributed by atoms with Crippen LogP contribution in [0.4, 0.5) is 4.39 Å². The van der Waals surface area contributed by atoms with Crippen molar-refractivity contribution in [1.82, 2.24) is 5.32 Å². The fourth-order valence-electron chi connectivity index (χ4n) is 2.43. The molecule has 2 atom stereocenters. The fraction of sp³-hybridized carbons (Fsp3) is 0.294. The smallest absolute Gasteiger partial charge is 0.127 e. The van der Waals surface area contributed by atoms with Crippen molar-refractivity contribution < 1.29 is 9.50 Å². The predicted octanol–water partition coefficient (Wildman–Crippen LogP) is 4.33. The zero-order valence-electron chi connectivity index (χ0n) is 11.8. The van der Waals surface area contributed by atoms with Crippen molar-refractivity contribution in [1.29, 1.82) is 0 Å². The van der Waals surface area contributed by atoms with Crippen molar-refractivity contribution in [3.8, 4) is 5.75 Å². The summed E-state index contributed by atoms with van der Waals surface area (Å²) >= 11 is 0. The Balaban J connectivity index is 2.19. The highest BCUT2D eigenvalue weighted by atomic mass is 19.1.